The van der Waals surface area contributed by atoms with E-state index < -0.39 is 0 Å². The molecule has 0 saturated heterocycles. The third kappa shape index (κ3) is 2.32. The fourth-order valence-corrected chi connectivity index (χ4v) is 1.43. The van der Waals surface area contributed by atoms with Crippen LogP contribution in [-0.4, -0.2) is 4.98 Å². The lowest BCUT2D eigenvalue weighted by molar-refractivity contribution is 1.16. The quantitative estimate of drug-likeness (QED) is 0.567. The molecular weight excluding hydrogens is 270 g/mol. The van der Waals surface area contributed by atoms with Crippen LogP contribution in [0.15, 0.2) is 21.3 Å². The molecular formula is C8H5Br2N. The molecule has 0 fully saturated rings. The van der Waals surface area contributed by atoms with Gasteiger partial charge in [-0.25, -0.2) is 4.98 Å². The van der Waals surface area contributed by atoms with Crippen molar-refractivity contribution in [3.63, 3.8) is 0 Å². The predicted octanol–water partition coefficient (Wildman–Crippen LogP) is 2.78. The van der Waals surface area contributed by atoms with Crippen LogP contribution < -0.4 is 0 Å². The normalized spacial score (nSPS) is 9.18. The molecule has 3 heteroatoms. The zero-order valence-electron chi connectivity index (χ0n) is 5.64. The van der Waals surface area contributed by atoms with E-state index >= 15 is 0 Å². The summed E-state index contributed by atoms with van der Waals surface area (Å²) in [5.41, 5.74) is 1.03. The number of hydrogen-bond donors (Lipinski definition) is 0. The minimum absolute atomic E-state index is 0.604. The smallest absolute Gasteiger partial charge is 0.110 e. The minimum atomic E-state index is 0.604. The summed E-state index contributed by atoms with van der Waals surface area (Å²) in [6.45, 7) is 0. The lowest BCUT2D eigenvalue weighted by Crippen LogP contribution is -1.86. The molecule has 1 rings (SSSR count). The molecule has 1 nitrogen and oxygen atoms in total. The monoisotopic (exact) mass is 273 g/mol. The zero-order chi connectivity index (χ0) is 8.27. The second-order valence-electron chi connectivity index (χ2n) is 1.98. The lowest BCUT2D eigenvalue weighted by Gasteiger charge is -1.98. The van der Waals surface area contributed by atoms with Crippen molar-refractivity contribution in [1.82, 2.24) is 4.98 Å². The number of hydrogen-bond acceptors (Lipinski definition) is 1. The van der Waals surface area contributed by atoms with Crippen LogP contribution >= 0.6 is 31.9 Å². The van der Waals surface area contributed by atoms with Gasteiger partial charge in [-0.1, -0.05) is 0 Å². The summed E-state index contributed by atoms with van der Waals surface area (Å²) < 4.78 is 1.77. The maximum Gasteiger partial charge on any atom is 0.110 e. The van der Waals surface area contributed by atoms with Gasteiger partial charge in [0.25, 0.3) is 0 Å². The van der Waals surface area contributed by atoms with Crippen molar-refractivity contribution < 1.29 is 0 Å². The molecule has 0 unspecified atom stereocenters. The summed E-state index contributed by atoms with van der Waals surface area (Å²) in [7, 11) is 0. The van der Waals surface area contributed by atoms with Crippen LogP contribution in [0.1, 0.15) is 5.56 Å². The summed E-state index contributed by atoms with van der Waals surface area (Å²) in [6, 6.07) is 1.96. The molecule has 0 saturated carbocycles. The first-order valence-corrected chi connectivity index (χ1v) is 4.56. The van der Waals surface area contributed by atoms with Crippen LogP contribution in [0.3, 0.4) is 0 Å². The Morgan fingerprint density at radius 3 is 2.91 bits per heavy atom. The largest absolute Gasteiger partial charge is 0.248 e. The number of pyridine rings is 1. The molecule has 1 aromatic heterocycles. The third-order valence-corrected chi connectivity index (χ3v) is 2.32. The summed E-state index contributed by atoms with van der Waals surface area (Å²) in [5.74, 6) is 2.56. The molecule has 1 heterocycles. The third-order valence-electron chi connectivity index (χ3n) is 1.17. The zero-order valence-corrected chi connectivity index (χ0v) is 8.81. The van der Waals surface area contributed by atoms with E-state index in [1.807, 2.05) is 6.07 Å². The number of aromatic nitrogens is 1. The predicted molar refractivity (Wildman–Crippen MR) is 52.2 cm³/mol. The van der Waals surface area contributed by atoms with Gasteiger partial charge in [-0.3, -0.25) is 0 Å². The Kier molecular flexibility index (Phi) is 3.10. The fraction of sp³-hybridized carbons (Fsp3) is 0.125. The van der Waals surface area contributed by atoms with Gasteiger partial charge in [0.15, 0.2) is 0 Å². The highest BCUT2D eigenvalue weighted by Gasteiger charge is 1.99. The van der Waals surface area contributed by atoms with Gasteiger partial charge in [0.2, 0.25) is 0 Å². The van der Waals surface area contributed by atoms with E-state index in [0.29, 0.717) is 6.42 Å². The van der Waals surface area contributed by atoms with Crippen LogP contribution in [0.25, 0.3) is 0 Å². The van der Waals surface area contributed by atoms with E-state index in [4.69, 9.17) is 6.42 Å². The number of terminal acetylenes is 1. The standard InChI is InChI=1S/C8H5Br2N/c1-2-3-6-4-7(9)5-11-8(6)10/h1,4-5H,3H2. The fourth-order valence-electron chi connectivity index (χ4n) is 0.698. The molecule has 0 aliphatic carbocycles. The van der Waals surface area contributed by atoms with E-state index in [0.717, 1.165) is 14.6 Å². The SMILES string of the molecule is C#CCc1cc(Br)cnc1Br. The van der Waals surface area contributed by atoms with Gasteiger partial charge in [0, 0.05) is 17.1 Å². The van der Waals surface area contributed by atoms with Crippen molar-refractivity contribution >= 4 is 31.9 Å². The van der Waals surface area contributed by atoms with Gasteiger partial charge >= 0.3 is 0 Å². The van der Waals surface area contributed by atoms with Crippen molar-refractivity contribution in [3.8, 4) is 12.3 Å². The number of rotatable bonds is 1. The average Bonchev–Trinajstić information content (AvgIpc) is 1.98. The maximum absolute atomic E-state index is 5.17. The molecule has 0 atom stereocenters. The second-order valence-corrected chi connectivity index (χ2v) is 3.65. The molecule has 1 aromatic rings. The molecule has 0 spiro atoms. The molecule has 0 aliphatic rings. The van der Waals surface area contributed by atoms with Crippen LogP contribution in [0.5, 0.6) is 0 Å². The highest BCUT2D eigenvalue weighted by Crippen LogP contribution is 2.18. The van der Waals surface area contributed by atoms with E-state index in [1.165, 1.54) is 0 Å². The molecule has 0 bridgehead atoms. The van der Waals surface area contributed by atoms with Gasteiger partial charge in [0.1, 0.15) is 4.60 Å². The highest BCUT2D eigenvalue weighted by molar-refractivity contribution is 9.11. The van der Waals surface area contributed by atoms with Crippen LogP contribution in [0.4, 0.5) is 0 Å². The Morgan fingerprint density at radius 1 is 1.55 bits per heavy atom. The lowest BCUT2D eigenvalue weighted by atomic mass is 10.2. The summed E-state index contributed by atoms with van der Waals surface area (Å²) >= 11 is 6.62. The Labute approximate surface area is 82.5 Å². The second kappa shape index (κ2) is 3.89. The molecule has 0 N–H and O–H groups in total. The Hall–Kier alpha value is -0.330. The van der Waals surface area contributed by atoms with Crippen molar-refractivity contribution in [1.29, 1.82) is 0 Å². The summed E-state index contributed by atoms with van der Waals surface area (Å²) in [4.78, 5) is 4.07. The van der Waals surface area contributed by atoms with Crippen molar-refractivity contribution in [2.45, 2.75) is 6.42 Å². The van der Waals surface area contributed by atoms with Gasteiger partial charge < -0.3 is 0 Å². The van der Waals surface area contributed by atoms with Gasteiger partial charge in [0.05, 0.1) is 0 Å². The van der Waals surface area contributed by atoms with Crippen LogP contribution in [-0.2, 0) is 6.42 Å². The first kappa shape index (κ1) is 8.76. The number of halogens is 2. The number of nitrogens with zero attached hydrogens (tertiary/aromatic N) is 1. The molecule has 0 radical (unpaired) electrons. The average molecular weight is 275 g/mol. The minimum Gasteiger partial charge on any atom is -0.248 e. The molecule has 0 amide bonds. The molecule has 0 aliphatic heterocycles. The van der Waals surface area contributed by atoms with Gasteiger partial charge in [-0.2, -0.15) is 0 Å². The summed E-state index contributed by atoms with van der Waals surface area (Å²) in [5, 5.41) is 0. The van der Waals surface area contributed by atoms with E-state index in [-0.39, 0.29) is 0 Å². The van der Waals surface area contributed by atoms with Crippen LogP contribution in [0, 0.1) is 12.3 Å². The Balaban J connectivity index is 3.05. The summed E-state index contributed by atoms with van der Waals surface area (Å²) in [6.07, 6.45) is 7.50. The van der Waals surface area contributed by atoms with E-state index in [2.05, 4.69) is 42.8 Å². The van der Waals surface area contributed by atoms with Gasteiger partial charge in [-0.05, 0) is 43.5 Å². The topological polar surface area (TPSA) is 12.9 Å². The molecule has 0 aromatic carbocycles. The Morgan fingerprint density at radius 2 is 2.27 bits per heavy atom. The van der Waals surface area contributed by atoms with Crippen molar-refractivity contribution in [2.24, 2.45) is 0 Å². The van der Waals surface area contributed by atoms with E-state index in [1.54, 1.807) is 6.20 Å². The van der Waals surface area contributed by atoms with Crippen molar-refractivity contribution in [3.05, 3.63) is 26.9 Å². The molecule has 11 heavy (non-hydrogen) atoms. The first-order valence-electron chi connectivity index (χ1n) is 2.97. The van der Waals surface area contributed by atoms with Crippen LogP contribution in [0.2, 0.25) is 0 Å². The van der Waals surface area contributed by atoms with Gasteiger partial charge in [-0.15, -0.1) is 12.3 Å². The maximum atomic E-state index is 5.17. The van der Waals surface area contributed by atoms with Crippen molar-refractivity contribution in [2.75, 3.05) is 0 Å². The highest BCUT2D eigenvalue weighted by atomic mass is 79.9. The Bertz CT molecular complexity index is 301. The first-order chi connectivity index (χ1) is 5.24. The van der Waals surface area contributed by atoms with E-state index in [9.17, 15) is 0 Å². The molecule has 56 valence electrons.